The molecule has 0 radical (unpaired) electrons. The fourth-order valence-electron chi connectivity index (χ4n) is 3.92. The number of aromatic amines is 1. The quantitative estimate of drug-likeness (QED) is 0.485. The van der Waals surface area contributed by atoms with Crippen molar-refractivity contribution in [2.45, 2.75) is 31.3 Å². The van der Waals surface area contributed by atoms with Crippen LogP contribution in [0.15, 0.2) is 36.7 Å². The smallest absolute Gasteiger partial charge is 0.160 e. The highest BCUT2D eigenvalue weighted by Crippen LogP contribution is 2.27. The summed E-state index contributed by atoms with van der Waals surface area (Å²) in [5.41, 5.74) is 8.49. The topological polar surface area (TPSA) is 122 Å². The number of nitrogens with two attached hydrogens (primary N) is 1. The lowest BCUT2D eigenvalue weighted by atomic mass is 9.87. The predicted molar refractivity (Wildman–Crippen MR) is 106 cm³/mol. The molecule has 0 saturated carbocycles. The molecule has 4 rings (SSSR count). The lowest BCUT2D eigenvalue weighted by Crippen LogP contribution is -2.36. The monoisotopic (exact) mass is 382 g/mol. The fraction of sp³-hybridized carbons (Fsp3) is 0.450. The Morgan fingerprint density at radius 1 is 1.32 bits per heavy atom. The van der Waals surface area contributed by atoms with Gasteiger partial charge in [-0.1, -0.05) is 23.4 Å². The van der Waals surface area contributed by atoms with Crippen LogP contribution in [0.3, 0.4) is 0 Å². The number of fused-ring (bicyclic) bond motifs is 1. The van der Waals surface area contributed by atoms with Gasteiger partial charge in [0, 0.05) is 29.4 Å². The number of benzene rings is 1. The summed E-state index contributed by atoms with van der Waals surface area (Å²) in [5, 5.41) is 22.0. The number of piperidine rings is 1. The Labute approximate surface area is 163 Å². The maximum absolute atomic E-state index is 13.4. The van der Waals surface area contributed by atoms with Gasteiger partial charge in [0.25, 0.3) is 0 Å². The fourth-order valence-corrected chi connectivity index (χ4v) is 3.92. The number of aliphatic hydroxyl groups is 1. The second-order valence-corrected chi connectivity index (χ2v) is 7.42. The minimum Gasteiger partial charge on any atom is -0.394 e. The standard InChI is InChI=1S/C20H26N6O2/c21-16(12-27)18-11-26(25-24-18)19(20(28)13-5-7-22-8-6-13)9-14-10-23-17-4-2-1-3-15(14)17/h1-4,10-11,13,16,19,22-23,27H,5-9,12,21H2/t16?,19-/m0/s1. The summed E-state index contributed by atoms with van der Waals surface area (Å²) in [6.45, 7) is 1.50. The number of nitrogens with zero attached hydrogens (tertiary/aromatic N) is 3. The van der Waals surface area contributed by atoms with E-state index in [4.69, 9.17) is 5.73 Å². The van der Waals surface area contributed by atoms with E-state index in [0.717, 1.165) is 42.4 Å². The SMILES string of the molecule is NC(CO)c1cn([C@@H](Cc2c[nH]c3ccccc23)C(=O)C2CCNCC2)nn1. The zero-order valence-electron chi connectivity index (χ0n) is 15.7. The average Bonchev–Trinajstić information content (AvgIpc) is 3.39. The molecule has 8 nitrogen and oxygen atoms in total. The van der Waals surface area contributed by atoms with Crippen LogP contribution < -0.4 is 11.1 Å². The molecule has 1 aliphatic rings. The minimum absolute atomic E-state index is 0.00983. The molecule has 3 heterocycles. The Kier molecular flexibility index (Phi) is 5.52. The van der Waals surface area contributed by atoms with E-state index >= 15 is 0 Å². The van der Waals surface area contributed by atoms with E-state index in [2.05, 4.69) is 26.7 Å². The summed E-state index contributed by atoms with van der Waals surface area (Å²) in [6.07, 6.45) is 5.86. The van der Waals surface area contributed by atoms with E-state index in [9.17, 15) is 9.90 Å². The van der Waals surface area contributed by atoms with Crippen LogP contribution in [0.5, 0.6) is 0 Å². The third kappa shape index (κ3) is 3.71. The van der Waals surface area contributed by atoms with Crippen molar-refractivity contribution in [1.82, 2.24) is 25.3 Å². The van der Waals surface area contributed by atoms with Gasteiger partial charge in [0.05, 0.1) is 18.8 Å². The highest BCUT2D eigenvalue weighted by Gasteiger charge is 2.31. The molecule has 8 heteroatoms. The number of nitrogens with one attached hydrogen (secondary N) is 2. The summed E-state index contributed by atoms with van der Waals surface area (Å²) >= 11 is 0. The number of hydrogen-bond donors (Lipinski definition) is 4. The predicted octanol–water partition coefficient (Wildman–Crippen LogP) is 1.10. The van der Waals surface area contributed by atoms with Crippen molar-refractivity contribution < 1.29 is 9.90 Å². The molecule has 1 unspecified atom stereocenters. The third-order valence-electron chi connectivity index (χ3n) is 5.58. The first-order valence-corrected chi connectivity index (χ1v) is 9.75. The number of aromatic nitrogens is 4. The molecule has 5 N–H and O–H groups in total. The summed E-state index contributed by atoms with van der Waals surface area (Å²) in [4.78, 5) is 16.7. The molecule has 0 aliphatic carbocycles. The van der Waals surface area contributed by atoms with E-state index in [0.29, 0.717) is 12.1 Å². The molecule has 1 aliphatic heterocycles. The largest absolute Gasteiger partial charge is 0.394 e. The first-order chi connectivity index (χ1) is 13.7. The lowest BCUT2D eigenvalue weighted by molar-refractivity contribution is -0.127. The van der Waals surface area contributed by atoms with Crippen molar-refractivity contribution in [3.8, 4) is 0 Å². The molecule has 1 fully saturated rings. The van der Waals surface area contributed by atoms with E-state index in [-0.39, 0.29) is 18.3 Å². The number of H-pyrrole nitrogens is 1. The Morgan fingerprint density at radius 3 is 2.89 bits per heavy atom. The lowest BCUT2D eigenvalue weighted by Gasteiger charge is -2.26. The summed E-state index contributed by atoms with van der Waals surface area (Å²) in [6, 6.07) is 7.01. The van der Waals surface area contributed by atoms with Gasteiger partial charge in [-0.2, -0.15) is 0 Å². The van der Waals surface area contributed by atoms with Crippen molar-refractivity contribution in [2.75, 3.05) is 19.7 Å². The van der Waals surface area contributed by atoms with Crippen LogP contribution in [-0.4, -0.2) is 50.6 Å². The zero-order chi connectivity index (χ0) is 19.5. The molecule has 1 aromatic carbocycles. The number of aliphatic hydroxyl groups excluding tert-OH is 1. The van der Waals surface area contributed by atoms with Gasteiger partial charge in [-0.05, 0) is 37.6 Å². The van der Waals surface area contributed by atoms with Crippen molar-refractivity contribution in [3.63, 3.8) is 0 Å². The van der Waals surface area contributed by atoms with Crippen LogP contribution in [-0.2, 0) is 11.2 Å². The van der Waals surface area contributed by atoms with E-state index in [1.54, 1.807) is 10.9 Å². The van der Waals surface area contributed by atoms with Crippen LogP contribution in [0.1, 0.15) is 36.2 Å². The molecule has 0 amide bonds. The van der Waals surface area contributed by atoms with Gasteiger partial charge in [0.15, 0.2) is 5.78 Å². The molecule has 1 saturated heterocycles. The second-order valence-electron chi connectivity index (χ2n) is 7.42. The highest BCUT2D eigenvalue weighted by atomic mass is 16.3. The Bertz CT molecular complexity index is 943. The zero-order valence-corrected chi connectivity index (χ0v) is 15.7. The van der Waals surface area contributed by atoms with Crippen LogP contribution in [0.2, 0.25) is 0 Å². The van der Waals surface area contributed by atoms with Crippen LogP contribution >= 0.6 is 0 Å². The summed E-state index contributed by atoms with van der Waals surface area (Å²) in [7, 11) is 0. The average molecular weight is 382 g/mol. The second kappa shape index (κ2) is 8.22. The van der Waals surface area contributed by atoms with Gasteiger partial charge >= 0.3 is 0 Å². The normalized spacial score (nSPS) is 17.6. The maximum Gasteiger partial charge on any atom is 0.160 e. The summed E-state index contributed by atoms with van der Waals surface area (Å²) < 4.78 is 1.62. The summed E-state index contributed by atoms with van der Waals surface area (Å²) in [5.74, 6) is 0.191. The van der Waals surface area contributed by atoms with Crippen LogP contribution in [0, 0.1) is 5.92 Å². The van der Waals surface area contributed by atoms with Crippen LogP contribution in [0.4, 0.5) is 0 Å². The van der Waals surface area contributed by atoms with Crippen LogP contribution in [0.25, 0.3) is 10.9 Å². The van der Waals surface area contributed by atoms with E-state index < -0.39 is 12.1 Å². The van der Waals surface area contributed by atoms with Crippen molar-refractivity contribution in [2.24, 2.45) is 11.7 Å². The highest BCUT2D eigenvalue weighted by molar-refractivity contribution is 5.87. The number of para-hydroxylation sites is 1. The molecular formula is C20H26N6O2. The van der Waals surface area contributed by atoms with Gasteiger partial charge in [-0.15, -0.1) is 5.10 Å². The Morgan fingerprint density at radius 2 is 2.11 bits per heavy atom. The number of ketones is 1. The minimum atomic E-state index is -0.600. The van der Waals surface area contributed by atoms with E-state index in [1.165, 1.54) is 0 Å². The Balaban J connectivity index is 1.66. The van der Waals surface area contributed by atoms with Gasteiger partial charge in [0.2, 0.25) is 0 Å². The number of carbonyl (C=O) groups is 1. The van der Waals surface area contributed by atoms with Crippen molar-refractivity contribution in [3.05, 3.63) is 47.9 Å². The third-order valence-corrected chi connectivity index (χ3v) is 5.58. The molecule has 28 heavy (non-hydrogen) atoms. The molecule has 0 bridgehead atoms. The van der Waals surface area contributed by atoms with Gasteiger partial charge < -0.3 is 21.1 Å². The van der Waals surface area contributed by atoms with Gasteiger partial charge in [0.1, 0.15) is 11.7 Å². The molecule has 148 valence electrons. The van der Waals surface area contributed by atoms with Crippen molar-refractivity contribution >= 4 is 16.7 Å². The molecule has 2 aromatic heterocycles. The molecule has 0 spiro atoms. The maximum atomic E-state index is 13.4. The van der Waals surface area contributed by atoms with Gasteiger partial charge in [-0.25, -0.2) is 4.68 Å². The molecule has 3 aromatic rings. The number of rotatable bonds is 7. The molecule has 2 atom stereocenters. The number of hydrogen-bond acceptors (Lipinski definition) is 6. The Hall–Kier alpha value is -2.55. The number of Topliss-reactive ketones (excluding diaryl/α,β-unsaturated/α-hetero) is 1. The van der Waals surface area contributed by atoms with Crippen molar-refractivity contribution in [1.29, 1.82) is 0 Å². The first-order valence-electron chi connectivity index (χ1n) is 9.75. The molecular weight excluding hydrogens is 356 g/mol. The van der Waals surface area contributed by atoms with Gasteiger partial charge in [-0.3, -0.25) is 4.79 Å². The number of carbonyl (C=O) groups excluding carboxylic acids is 1. The first kappa shape index (κ1) is 18.8. The van der Waals surface area contributed by atoms with E-state index in [1.807, 2.05) is 24.4 Å².